The Kier molecular flexibility index (Phi) is 3.87. The Morgan fingerprint density at radius 1 is 1.13 bits per heavy atom. The van der Waals surface area contributed by atoms with Crippen LogP contribution in [0.5, 0.6) is 5.88 Å². The molecule has 2 fully saturated rings. The van der Waals surface area contributed by atoms with E-state index in [4.69, 9.17) is 9.47 Å². The van der Waals surface area contributed by atoms with Crippen LogP contribution in [0.2, 0.25) is 0 Å². The van der Waals surface area contributed by atoms with Gasteiger partial charge in [-0.25, -0.2) is 4.98 Å². The van der Waals surface area contributed by atoms with Gasteiger partial charge in [0.15, 0.2) is 0 Å². The summed E-state index contributed by atoms with van der Waals surface area (Å²) < 4.78 is 11.2. The molecule has 1 amide bonds. The smallest absolute Gasteiger partial charge is 0.226 e. The van der Waals surface area contributed by atoms with E-state index in [1.54, 1.807) is 0 Å². The fourth-order valence-electron chi connectivity index (χ4n) is 3.18. The standard InChI is InChI=1S/C18H20N2O3/c21-18(14-7-9-22-10-8-14)20-11-15(12-20)23-17-6-5-13-3-1-2-4-16(13)19-17/h1-6,14-15H,7-12H2. The summed E-state index contributed by atoms with van der Waals surface area (Å²) in [7, 11) is 0. The molecule has 23 heavy (non-hydrogen) atoms. The molecule has 1 aromatic carbocycles. The van der Waals surface area contributed by atoms with Gasteiger partial charge in [0.05, 0.1) is 18.6 Å². The van der Waals surface area contributed by atoms with Gasteiger partial charge in [-0.15, -0.1) is 0 Å². The molecule has 0 atom stereocenters. The van der Waals surface area contributed by atoms with E-state index in [0.717, 1.165) is 23.7 Å². The molecule has 0 saturated carbocycles. The van der Waals surface area contributed by atoms with Crippen molar-refractivity contribution < 1.29 is 14.3 Å². The number of benzene rings is 1. The van der Waals surface area contributed by atoms with Gasteiger partial charge < -0.3 is 14.4 Å². The molecule has 2 aliphatic rings. The molecule has 1 aromatic heterocycles. The zero-order valence-electron chi connectivity index (χ0n) is 13.0. The van der Waals surface area contributed by atoms with Crippen LogP contribution in [0.15, 0.2) is 36.4 Å². The normalized spacial score (nSPS) is 19.6. The predicted molar refractivity (Wildman–Crippen MR) is 86.3 cm³/mol. The van der Waals surface area contributed by atoms with E-state index in [1.807, 2.05) is 41.3 Å². The van der Waals surface area contributed by atoms with Gasteiger partial charge in [-0.3, -0.25) is 4.79 Å². The summed E-state index contributed by atoms with van der Waals surface area (Å²) in [6, 6.07) is 11.9. The van der Waals surface area contributed by atoms with Gasteiger partial charge in [0.2, 0.25) is 11.8 Å². The summed E-state index contributed by atoms with van der Waals surface area (Å²) in [5, 5.41) is 1.10. The number of hydrogen-bond acceptors (Lipinski definition) is 4. The van der Waals surface area contributed by atoms with Gasteiger partial charge in [-0.2, -0.15) is 0 Å². The maximum Gasteiger partial charge on any atom is 0.226 e. The minimum Gasteiger partial charge on any atom is -0.471 e. The van der Waals surface area contributed by atoms with E-state index in [-0.39, 0.29) is 17.9 Å². The highest BCUT2D eigenvalue weighted by molar-refractivity contribution is 5.80. The molecule has 120 valence electrons. The van der Waals surface area contributed by atoms with Crippen molar-refractivity contribution >= 4 is 16.8 Å². The second-order valence-electron chi connectivity index (χ2n) is 6.21. The Balaban J connectivity index is 1.33. The molecule has 3 heterocycles. The lowest BCUT2D eigenvalue weighted by atomic mass is 9.96. The van der Waals surface area contributed by atoms with Crippen molar-refractivity contribution in [3.05, 3.63) is 36.4 Å². The van der Waals surface area contributed by atoms with Gasteiger partial charge in [0.1, 0.15) is 6.10 Å². The molecule has 0 aliphatic carbocycles. The summed E-state index contributed by atoms with van der Waals surface area (Å²) in [5.74, 6) is 1.01. The van der Waals surface area contributed by atoms with Crippen molar-refractivity contribution in [2.24, 2.45) is 5.92 Å². The Morgan fingerprint density at radius 2 is 1.91 bits per heavy atom. The molecule has 5 nitrogen and oxygen atoms in total. The highest BCUT2D eigenvalue weighted by Crippen LogP contribution is 2.24. The van der Waals surface area contributed by atoms with Gasteiger partial charge in [0, 0.05) is 30.6 Å². The molecular formula is C18H20N2O3. The van der Waals surface area contributed by atoms with Crippen molar-refractivity contribution in [3.63, 3.8) is 0 Å². The summed E-state index contributed by atoms with van der Waals surface area (Å²) >= 11 is 0. The van der Waals surface area contributed by atoms with Crippen molar-refractivity contribution in [1.82, 2.24) is 9.88 Å². The first-order valence-electron chi connectivity index (χ1n) is 8.18. The van der Waals surface area contributed by atoms with E-state index in [1.165, 1.54) is 0 Å². The predicted octanol–water partition coefficient (Wildman–Crippen LogP) is 2.25. The number of aromatic nitrogens is 1. The fourth-order valence-corrected chi connectivity index (χ4v) is 3.18. The lowest BCUT2D eigenvalue weighted by molar-refractivity contribution is -0.147. The Hall–Kier alpha value is -2.14. The van der Waals surface area contributed by atoms with Crippen LogP contribution in [0, 0.1) is 5.92 Å². The Labute approximate surface area is 135 Å². The van der Waals surface area contributed by atoms with Crippen LogP contribution in [0.1, 0.15) is 12.8 Å². The topological polar surface area (TPSA) is 51.7 Å². The number of carbonyl (C=O) groups is 1. The summed E-state index contributed by atoms with van der Waals surface area (Å²) in [5.41, 5.74) is 0.930. The molecular weight excluding hydrogens is 292 g/mol. The average Bonchev–Trinajstić information content (AvgIpc) is 2.58. The number of hydrogen-bond donors (Lipinski definition) is 0. The minimum atomic E-state index is 0.0486. The van der Waals surface area contributed by atoms with E-state index in [0.29, 0.717) is 32.2 Å². The highest BCUT2D eigenvalue weighted by Gasteiger charge is 2.36. The summed E-state index contributed by atoms with van der Waals surface area (Å²) in [6.07, 6.45) is 1.73. The Morgan fingerprint density at radius 3 is 2.74 bits per heavy atom. The number of para-hydroxylation sites is 1. The maximum absolute atomic E-state index is 12.4. The van der Waals surface area contributed by atoms with Crippen LogP contribution in [-0.4, -0.2) is 48.2 Å². The number of rotatable bonds is 3. The lowest BCUT2D eigenvalue weighted by Gasteiger charge is -2.41. The number of amides is 1. The van der Waals surface area contributed by atoms with Crippen molar-refractivity contribution in [1.29, 1.82) is 0 Å². The van der Waals surface area contributed by atoms with E-state index in [2.05, 4.69) is 4.98 Å². The molecule has 0 bridgehead atoms. The van der Waals surface area contributed by atoms with Crippen molar-refractivity contribution in [3.8, 4) is 5.88 Å². The first-order chi connectivity index (χ1) is 11.3. The Bertz CT molecular complexity index is 706. The van der Waals surface area contributed by atoms with Crippen LogP contribution < -0.4 is 4.74 Å². The van der Waals surface area contributed by atoms with Gasteiger partial charge in [0.25, 0.3) is 0 Å². The van der Waals surface area contributed by atoms with E-state index in [9.17, 15) is 4.79 Å². The minimum absolute atomic E-state index is 0.0486. The zero-order chi connectivity index (χ0) is 15.6. The first kappa shape index (κ1) is 14.5. The molecule has 4 rings (SSSR count). The second kappa shape index (κ2) is 6.16. The van der Waals surface area contributed by atoms with Crippen LogP contribution in [0.25, 0.3) is 10.9 Å². The molecule has 2 aromatic rings. The molecule has 0 unspecified atom stereocenters. The third-order valence-corrected chi connectivity index (χ3v) is 4.59. The third kappa shape index (κ3) is 3.01. The quantitative estimate of drug-likeness (QED) is 0.872. The van der Waals surface area contributed by atoms with Crippen LogP contribution >= 0.6 is 0 Å². The van der Waals surface area contributed by atoms with Crippen molar-refractivity contribution in [2.45, 2.75) is 18.9 Å². The largest absolute Gasteiger partial charge is 0.471 e. The monoisotopic (exact) mass is 312 g/mol. The average molecular weight is 312 g/mol. The van der Waals surface area contributed by atoms with Gasteiger partial charge >= 0.3 is 0 Å². The second-order valence-corrected chi connectivity index (χ2v) is 6.21. The zero-order valence-corrected chi connectivity index (χ0v) is 13.0. The fraction of sp³-hybridized carbons (Fsp3) is 0.444. The molecule has 0 N–H and O–H groups in total. The number of nitrogens with zero attached hydrogens (tertiary/aromatic N) is 2. The number of pyridine rings is 1. The summed E-state index contributed by atoms with van der Waals surface area (Å²) in [4.78, 5) is 18.8. The number of ether oxygens (including phenoxy) is 2. The number of carbonyl (C=O) groups excluding carboxylic acids is 1. The molecule has 2 saturated heterocycles. The SMILES string of the molecule is O=C(C1CCOCC1)N1CC(Oc2ccc3ccccc3n2)C1. The third-order valence-electron chi connectivity index (χ3n) is 4.59. The van der Waals surface area contributed by atoms with Gasteiger partial charge in [-0.1, -0.05) is 18.2 Å². The molecule has 5 heteroatoms. The van der Waals surface area contributed by atoms with Gasteiger partial charge in [-0.05, 0) is 25.0 Å². The molecule has 2 aliphatic heterocycles. The lowest BCUT2D eigenvalue weighted by Crippen LogP contribution is -2.58. The number of fused-ring (bicyclic) bond motifs is 1. The first-order valence-corrected chi connectivity index (χ1v) is 8.18. The van der Waals surface area contributed by atoms with E-state index < -0.39 is 0 Å². The van der Waals surface area contributed by atoms with Crippen molar-refractivity contribution in [2.75, 3.05) is 26.3 Å². The van der Waals surface area contributed by atoms with E-state index >= 15 is 0 Å². The molecule has 0 radical (unpaired) electrons. The van der Waals surface area contributed by atoms with Crippen LogP contribution in [-0.2, 0) is 9.53 Å². The van der Waals surface area contributed by atoms with Crippen LogP contribution in [0.3, 0.4) is 0 Å². The molecule has 0 spiro atoms. The van der Waals surface area contributed by atoms with Crippen LogP contribution in [0.4, 0.5) is 0 Å². The highest BCUT2D eigenvalue weighted by atomic mass is 16.5. The maximum atomic E-state index is 12.4. The summed E-state index contributed by atoms with van der Waals surface area (Å²) in [6.45, 7) is 2.71. The number of likely N-dealkylation sites (tertiary alicyclic amines) is 1.